The third-order valence-electron chi connectivity index (χ3n) is 3.03. The van der Waals surface area contributed by atoms with Crippen molar-refractivity contribution in [3.05, 3.63) is 22.7 Å². The van der Waals surface area contributed by atoms with Gasteiger partial charge in [0.25, 0.3) is 5.56 Å². The molecule has 1 aromatic rings. The van der Waals surface area contributed by atoms with Crippen molar-refractivity contribution in [1.82, 2.24) is 14.5 Å². The predicted molar refractivity (Wildman–Crippen MR) is 74.6 cm³/mol. The van der Waals surface area contributed by atoms with E-state index in [0.717, 1.165) is 19.4 Å². The largest absolute Gasteiger partial charge is 0.378 e. The number of ether oxygens (including phenoxy) is 1. The molecule has 2 rings (SSSR count). The van der Waals surface area contributed by atoms with Gasteiger partial charge < -0.3 is 19.5 Å². The Labute approximate surface area is 113 Å². The second-order valence-electron chi connectivity index (χ2n) is 5.06. The molecule has 6 nitrogen and oxygen atoms in total. The van der Waals surface area contributed by atoms with E-state index in [1.807, 2.05) is 14.1 Å². The van der Waals surface area contributed by atoms with Crippen LogP contribution in [-0.2, 0) is 4.74 Å². The van der Waals surface area contributed by atoms with Crippen LogP contribution < -0.4 is 10.9 Å². The lowest BCUT2D eigenvalue weighted by molar-refractivity contribution is 0.126. The van der Waals surface area contributed by atoms with Gasteiger partial charge >= 0.3 is 0 Å². The molecule has 106 valence electrons. The summed E-state index contributed by atoms with van der Waals surface area (Å²) in [6.45, 7) is 2.78. The Hall–Kier alpha value is -1.40. The maximum Gasteiger partial charge on any atom is 0.293 e. The number of nitrogens with zero attached hydrogens (tertiary/aromatic N) is 3. The Morgan fingerprint density at radius 3 is 2.95 bits per heavy atom. The standard InChI is InChI=1S/C13H22N4O2/c1-16(2)8-10-19-9-6-15-12-13(18)17(7-5-14-12)11-3-4-11/h5,7,11H,3-4,6,8-10H2,1-2H3,(H,14,15). The first-order chi connectivity index (χ1) is 9.18. The number of likely N-dealkylation sites (N-methyl/N-ethyl adjacent to an activating group) is 1. The number of nitrogens with one attached hydrogen (secondary N) is 1. The van der Waals surface area contributed by atoms with Crippen LogP contribution in [0.4, 0.5) is 5.82 Å². The van der Waals surface area contributed by atoms with Crippen LogP contribution in [0.1, 0.15) is 18.9 Å². The fourth-order valence-corrected chi connectivity index (χ4v) is 1.78. The van der Waals surface area contributed by atoms with E-state index in [1.54, 1.807) is 17.0 Å². The van der Waals surface area contributed by atoms with Crippen molar-refractivity contribution < 1.29 is 4.74 Å². The minimum absolute atomic E-state index is 0.0294. The van der Waals surface area contributed by atoms with Crippen molar-refractivity contribution in [3.63, 3.8) is 0 Å². The molecule has 0 amide bonds. The molecular weight excluding hydrogens is 244 g/mol. The molecule has 1 fully saturated rings. The fourth-order valence-electron chi connectivity index (χ4n) is 1.78. The molecule has 0 radical (unpaired) electrons. The van der Waals surface area contributed by atoms with E-state index in [-0.39, 0.29) is 5.56 Å². The summed E-state index contributed by atoms with van der Waals surface area (Å²) in [4.78, 5) is 18.2. The van der Waals surface area contributed by atoms with E-state index in [4.69, 9.17) is 4.74 Å². The number of aromatic nitrogens is 2. The minimum Gasteiger partial charge on any atom is -0.378 e. The molecule has 19 heavy (non-hydrogen) atoms. The van der Waals surface area contributed by atoms with Gasteiger partial charge in [0.15, 0.2) is 5.82 Å². The van der Waals surface area contributed by atoms with E-state index in [9.17, 15) is 4.79 Å². The molecule has 1 aliphatic rings. The van der Waals surface area contributed by atoms with Gasteiger partial charge in [0, 0.05) is 31.5 Å². The summed E-state index contributed by atoms with van der Waals surface area (Å²) < 4.78 is 7.22. The van der Waals surface area contributed by atoms with Crippen LogP contribution in [0, 0.1) is 0 Å². The van der Waals surface area contributed by atoms with Crippen molar-refractivity contribution in [3.8, 4) is 0 Å². The lowest BCUT2D eigenvalue weighted by atomic mass is 10.5. The fraction of sp³-hybridized carbons (Fsp3) is 0.692. The third kappa shape index (κ3) is 4.33. The summed E-state index contributed by atoms with van der Waals surface area (Å²) in [5.41, 5.74) is -0.0294. The molecule has 1 aromatic heterocycles. The van der Waals surface area contributed by atoms with E-state index in [1.165, 1.54) is 0 Å². The van der Waals surface area contributed by atoms with Crippen molar-refractivity contribution in [2.45, 2.75) is 18.9 Å². The number of hydrogen-bond acceptors (Lipinski definition) is 5. The van der Waals surface area contributed by atoms with Crippen LogP contribution in [-0.4, -0.2) is 54.8 Å². The van der Waals surface area contributed by atoms with Gasteiger partial charge in [-0.25, -0.2) is 4.98 Å². The topological polar surface area (TPSA) is 59.4 Å². The average molecular weight is 266 g/mol. The van der Waals surface area contributed by atoms with E-state index < -0.39 is 0 Å². The highest BCUT2D eigenvalue weighted by Gasteiger charge is 2.25. The van der Waals surface area contributed by atoms with Crippen LogP contribution >= 0.6 is 0 Å². The first-order valence-corrected chi connectivity index (χ1v) is 6.72. The lowest BCUT2D eigenvalue weighted by Gasteiger charge is -2.11. The lowest BCUT2D eigenvalue weighted by Crippen LogP contribution is -2.25. The Balaban J connectivity index is 1.74. The summed E-state index contributed by atoms with van der Waals surface area (Å²) >= 11 is 0. The Morgan fingerprint density at radius 1 is 1.47 bits per heavy atom. The van der Waals surface area contributed by atoms with E-state index in [2.05, 4.69) is 15.2 Å². The molecule has 0 aliphatic heterocycles. The third-order valence-corrected chi connectivity index (χ3v) is 3.03. The second kappa shape index (κ2) is 6.68. The average Bonchev–Trinajstić information content (AvgIpc) is 3.19. The van der Waals surface area contributed by atoms with Crippen LogP contribution in [0.15, 0.2) is 17.2 Å². The van der Waals surface area contributed by atoms with Crippen molar-refractivity contribution in [2.75, 3.05) is 45.7 Å². The zero-order valence-electron chi connectivity index (χ0n) is 11.6. The first kappa shape index (κ1) is 14.0. The number of rotatable bonds is 8. The van der Waals surface area contributed by atoms with E-state index in [0.29, 0.717) is 31.6 Å². The summed E-state index contributed by atoms with van der Waals surface area (Å²) in [6, 6.07) is 0.382. The van der Waals surface area contributed by atoms with Crippen molar-refractivity contribution in [1.29, 1.82) is 0 Å². The van der Waals surface area contributed by atoms with Crippen LogP contribution in [0.3, 0.4) is 0 Å². The Kier molecular flexibility index (Phi) is 4.93. The highest BCUT2D eigenvalue weighted by atomic mass is 16.5. The van der Waals surface area contributed by atoms with Crippen molar-refractivity contribution >= 4 is 5.82 Å². The van der Waals surface area contributed by atoms with Gasteiger partial charge in [0.05, 0.1) is 13.2 Å². The van der Waals surface area contributed by atoms with Gasteiger partial charge in [0.2, 0.25) is 0 Å². The summed E-state index contributed by atoms with van der Waals surface area (Å²) in [5, 5.41) is 3.04. The molecule has 0 bridgehead atoms. The Bertz CT molecular complexity index is 454. The summed E-state index contributed by atoms with van der Waals surface area (Å²) in [5.74, 6) is 0.422. The molecule has 6 heteroatoms. The van der Waals surface area contributed by atoms with Gasteiger partial charge in [-0.3, -0.25) is 4.79 Å². The minimum atomic E-state index is -0.0294. The van der Waals surface area contributed by atoms with Crippen LogP contribution in [0.2, 0.25) is 0 Å². The molecule has 0 saturated heterocycles. The molecule has 1 saturated carbocycles. The molecule has 0 atom stereocenters. The molecular formula is C13H22N4O2. The normalized spacial score (nSPS) is 14.9. The maximum absolute atomic E-state index is 12.1. The van der Waals surface area contributed by atoms with Gasteiger partial charge in [-0.1, -0.05) is 0 Å². The zero-order valence-corrected chi connectivity index (χ0v) is 11.6. The molecule has 0 spiro atoms. The second-order valence-corrected chi connectivity index (χ2v) is 5.06. The quantitative estimate of drug-likeness (QED) is 0.697. The van der Waals surface area contributed by atoms with Crippen molar-refractivity contribution in [2.24, 2.45) is 0 Å². The molecule has 1 heterocycles. The summed E-state index contributed by atoms with van der Waals surface area (Å²) in [7, 11) is 4.02. The SMILES string of the molecule is CN(C)CCOCCNc1nccn(C2CC2)c1=O. The van der Waals surface area contributed by atoms with E-state index >= 15 is 0 Å². The van der Waals surface area contributed by atoms with Gasteiger partial charge in [-0.15, -0.1) is 0 Å². The van der Waals surface area contributed by atoms with Crippen LogP contribution in [0.25, 0.3) is 0 Å². The highest BCUT2D eigenvalue weighted by molar-refractivity contribution is 5.31. The molecule has 1 aliphatic carbocycles. The molecule has 0 unspecified atom stereocenters. The zero-order chi connectivity index (χ0) is 13.7. The number of anilines is 1. The van der Waals surface area contributed by atoms with Gasteiger partial charge in [-0.05, 0) is 26.9 Å². The smallest absolute Gasteiger partial charge is 0.293 e. The number of hydrogen-bond donors (Lipinski definition) is 1. The first-order valence-electron chi connectivity index (χ1n) is 6.72. The maximum atomic E-state index is 12.1. The van der Waals surface area contributed by atoms with Crippen LogP contribution in [0.5, 0.6) is 0 Å². The van der Waals surface area contributed by atoms with Gasteiger partial charge in [0.1, 0.15) is 0 Å². The Morgan fingerprint density at radius 2 is 2.26 bits per heavy atom. The summed E-state index contributed by atoms with van der Waals surface area (Å²) in [6.07, 6.45) is 5.63. The van der Waals surface area contributed by atoms with Gasteiger partial charge in [-0.2, -0.15) is 0 Å². The predicted octanol–water partition coefficient (Wildman–Crippen LogP) is 0.568. The molecule has 0 aromatic carbocycles. The monoisotopic (exact) mass is 266 g/mol. The molecule has 1 N–H and O–H groups in total. The highest BCUT2D eigenvalue weighted by Crippen LogP contribution is 2.33.